The second kappa shape index (κ2) is 10.6. The normalized spacial score (nSPS) is 14.4. The van der Waals surface area contributed by atoms with Gasteiger partial charge in [0.15, 0.2) is 0 Å². The summed E-state index contributed by atoms with van der Waals surface area (Å²) < 4.78 is 33.5. The Morgan fingerprint density at radius 1 is 0.889 bits per heavy atom. The molecule has 0 unspecified atom stereocenters. The summed E-state index contributed by atoms with van der Waals surface area (Å²) in [6.07, 6.45) is -0.291. The number of nitrogens with zero attached hydrogens (tertiary/aromatic N) is 3. The highest BCUT2D eigenvalue weighted by molar-refractivity contribution is 7.92. The van der Waals surface area contributed by atoms with Crippen LogP contribution in [0.5, 0.6) is 0 Å². The van der Waals surface area contributed by atoms with Gasteiger partial charge in [0, 0.05) is 49.7 Å². The van der Waals surface area contributed by atoms with Crippen molar-refractivity contribution < 1.29 is 17.9 Å². The Morgan fingerprint density at radius 2 is 1.47 bits per heavy atom. The molecule has 0 radical (unpaired) electrons. The molecule has 0 aliphatic carbocycles. The van der Waals surface area contributed by atoms with Gasteiger partial charge in [-0.25, -0.2) is 13.2 Å². The lowest BCUT2D eigenvalue weighted by Gasteiger charge is -2.37. The molecule has 1 amide bonds. The summed E-state index contributed by atoms with van der Waals surface area (Å²) in [5.74, 6) is 0. The zero-order valence-electron chi connectivity index (χ0n) is 21.4. The Kier molecular flexibility index (Phi) is 8.10. The molecular weight excluding hydrogens is 498 g/mol. The third-order valence-electron chi connectivity index (χ3n) is 6.17. The van der Waals surface area contributed by atoms with Crippen LogP contribution >= 0.6 is 12.4 Å². The molecule has 0 saturated carbocycles. The second-order valence-corrected chi connectivity index (χ2v) is 11.9. The molecule has 0 aromatic heterocycles. The largest absolute Gasteiger partial charge is 0.444 e. The van der Waals surface area contributed by atoms with Crippen molar-refractivity contribution in [2.45, 2.75) is 38.2 Å². The molecule has 1 saturated heterocycles. The number of sulfonamides is 1. The fraction of sp³-hybridized carbons (Fsp3) is 0.370. The third-order valence-corrected chi connectivity index (χ3v) is 7.95. The standard InChI is InChI=1S/C27H33N3O4S.ClH/c1-20-10-12-21(13-11-20)35(32,33)28(5)24-14-15-25(23-9-7-6-8-22(23)24)29-16-18-30(19-17-29)26(31)34-27(2,3)4;/h6-15H,16-19H2,1-5H3;1H. The van der Waals surface area contributed by atoms with Gasteiger partial charge in [-0.15, -0.1) is 12.4 Å². The summed E-state index contributed by atoms with van der Waals surface area (Å²) in [7, 11) is -2.11. The zero-order valence-corrected chi connectivity index (χ0v) is 23.0. The number of amides is 1. The van der Waals surface area contributed by atoms with Gasteiger partial charge in [-0.3, -0.25) is 4.31 Å². The lowest BCUT2D eigenvalue weighted by Crippen LogP contribution is -2.50. The molecular formula is C27H34ClN3O4S. The first-order valence-corrected chi connectivity index (χ1v) is 13.2. The van der Waals surface area contributed by atoms with Gasteiger partial charge in [0.25, 0.3) is 10.0 Å². The van der Waals surface area contributed by atoms with Crippen LogP contribution in [0.3, 0.4) is 0 Å². The minimum Gasteiger partial charge on any atom is -0.444 e. The highest BCUT2D eigenvalue weighted by Crippen LogP contribution is 2.36. The van der Waals surface area contributed by atoms with Crippen molar-refractivity contribution in [3.8, 4) is 0 Å². The number of aryl methyl sites for hydroxylation is 1. The quantitative estimate of drug-likeness (QED) is 0.447. The van der Waals surface area contributed by atoms with E-state index in [2.05, 4.69) is 4.90 Å². The summed E-state index contributed by atoms with van der Waals surface area (Å²) in [5, 5.41) is 1.83. The molecule has 1 aliphatic rings. The lowest BCUT2D eigenvalue weighted by atomic mass is 10.1. The van der Waals surface area contributed by atoms with Crippen LogP contribution in [0.2, 0.25) is 0 Å². The van der Waals surface area contributed by atoms with Gasteiger partial charge < -0.3 is 14.5 Å². The minimum absolute atomic E-state index is 0. The summed E-state index contributed by atoms with van der Waals surface area (Å²) in [5.41, 5.74) is 2.13. The predicted octanol–water partition coefficient (Wildman–Crippen LogP) is 5.45. The summed E-state index contributed by atoms with van der Waals surface area (Å²) in [4.78, 5) is 16.7. The van der Waals surface area contributed by atoms with E-state index in [4.69, 9.17) is 4.74 Å². The average Bonchev–Trinajstić information content (AvgIpc) is 2.82. The van der Waals surface area contributed by atoms with E-state index in [1.54, 1.807) is 36.2 Å². The van der Waals surface area contributed by atoms with Gasteiger partial charge in [-0.05, 0) is 52.0 Å². The van der Waals surface area contributed by atoms with E-state index in [-0.39, 0.29) is 23.4 Å². The third kappa shape index (κ3) is 5.71. The van der Waals surface area contributed by atoms with E-state index in [9.17, 15) is 13.2 Å². The molecule has 3 aromatic rings. The number of hydrogen-bond donors (Lipinski definition) is 0. The first-order valence-electron chi connectivity index (χ1n) is 11.8. The summed E-state index contributed by atoms with van der Waals surface area (Å²) in [6.45, 7) is 9.99. The van der Waals surface area contributed by atoms with Gasteiger partial charge in [0.1, 0.15) is 5.60 Å². The number of fused-ring (bicyclic) bond motifs is 1. The number of anilines is 2. The van der Waals surface area contributed by atoms with Crippen LogP contribution in [-0.2, 0) is 14.8 Å². The number of rotatable bonds is 4. The molecule has 4 rings (SSSR count). The van der Waals surface area contributed by atoms with Crippen LogP contribution in [0, 0.1) is 6.92 Å². The van der Waals surface area contributed by atoms with Gasteiger partial charge in [-0.2, -0.15) is 0 Å². The number of hydrogen-bond acceptors (Lipinski definition) is 5. The maximum absolute atomic E-state index is 13.3. The molecule has 9 heteroatoms. The molecule has 1 fully saturated rings. The number of carbonyl (C=O) groups is 1. The number of halogens is 1. The van der Waals surface area contributed by atoms with Crippen LogP contribution in [0.1, 0.15) is 26.3 Å². The topological polar surface area (TPSA) is 70.2 Å². The maximum atomic E-state index is 13.3. The molecule has 194 valence electrons. The van der Waals surface area contributed by atoms with Crippen molar-refractivity contribution in [1.82, 2.24) is 4.90 Å². The second-order valence-electron chi connectivity index (χ2n) is 9.89. The van der Waals surface area contributed by atoms with Gasteiger partial charge in [0.05, 0.1) is 10.6 Å². The fourth-order valence-electron chi connectivity index (χ4n) is 4.27. The van der Waals surface area contributed by atoms with Crippen molar-refractivity contribution >= 4 is 50.7 Å². The Bertz CT molecular complexity index is 1330. The monoisotopic (exact) mass is 531 g/mol. The predicted molar refractivity (Wildman–Crippen MR) is 148 cm³/mol. The van der Waals surface area contributed by atoms with Crippen molar-refractivity contribution in [2.24, 2.45) is 0 Å². The highest BCUT2D eigenvalue weighted by atomic mass is 35.5. The Balaban J connectivity index is 0.00000361. The van der Waals surface area contributed by atoms with Crippen molar-refractivity contribution in [1.29, 1.82) is 0 Å². The van der Waals surface area contributed by atoms with E-state index >= 15 is 0 Å². The smallest absolute Gasteiger partial charge is 0.410 e. The Morgan fingerprint density at radius 3 is 2.06 bits per heavy atom. The van der Waals surface area contributed by atoms with E-state index in [0.717, 1.165) is 22.0 Å². The fourth-order valence-corrected chi connectivity index (χ4v) is 5.49. The van der Waals surface area contributed by atoms with Gasteiger partial charge >= 0.3 is 6.09 Å². The minimum atomic E-state index is -3.71. The maximum Gasteiger partial charge on any atom is 0.410 e. The van der Waals surface area contributed by atoms with Crippen LogP contribution in [0.4, 0.5) is 16.2 Å². The van der Waals surface area contributed by atoms with Crippen molar-refractivity contribution in [3.05, 3.63) is 66.2 Å². The first kappa shape index (κ1) is 27.6. The van der Waals surface area contributed by atoms with Crippen molar-refractivity contribution in [2.75, 3.05) is 42.4 Å². The van der Waals surface area contributed by atoms with E-state index in [1.165, 1.54) is 4.31 Å². The molecule has 0 N–H and O–H groups in total. The van der Waals surface area contributed by atoms with E-state index < -0.39 is 15.6 Å². The zero-order chi connectivity index (χ0) is 25.4. The number of benzene rings is 3. The molecule has 3 aromatic carbocycles. The van der Waals surface area contributed by atoms with Gasteiger partial charge in [-0.1, -0.05) is 42.0 Å². The first-order chi connectivity index (χ1) is 16.5. The lowest BCUT2D eigenvalue weighted by molar-refractivity contribution is 0.0240. The molecule has 0 atom stereocenters. The van der Waals surface area contributed by atoms with Crippen LogP contribution in [-0.4, -0.2) is 58.2 Å². The number of ether oxygens (including phenoxy) is 1. The highest BCUT2D eigenvalue weighted by Gasteiger charge is 2.28. The molecule has 0 bridgehead atoms. The van der Waals surface area contributed by atoms with E-state index in [1.807, 2.05) is 64.1 Å². The SMILES string of the molecule is Cc1ccc(S(=O)(=O)N(C)c2ccc(N3CCN(C(=O)OC(C)(C)C)CC3)c3ccccc23)cc1.Cl. The molecule has 1 heterocycles. The van der Waals surface area contributed by atoms with Gasteiger partial charge in [0.2, 0.25) is 0 Å². The van der Waals surface area contributed by atoms with Crippen LogP contribution in [0.25, 0.3) is 10.8 Å². The van der Waals surface area contributed by atoms with Crippen LogP contribution < -0.4 is 9.21 Å². The molecule has 1 aliphatic heterocycles. The Labute approximate surface area is 220 Å². The molecule has 0 spiro atoms. The van der Waals surface area contributed by atoms with Crippen LogP contribution in [0.15, 0.2) is 65.6 Å². The number of piperazine rings is 1. The summed E-state index contributed by atoms with van der Waals surface area (Å²) >= 11 is 0. The van der Waals surface area contributed by atoms with E-state index in [0.29, 0.717) is 31.9 Å². The average molecular weight is 532 g/mol. The number of carbonyl (C=O) groups excluding carboxylic acids is 1. The molecule has 36 heavy (non-hydrogen) atoms. The molecule has 7 nitrogen and oxygen atoms in total. The van der Waals surface area contributed by atoms with Crippen molar-refractivity contribution in [3.63, 3.8) is 0 Å². The summed E-state index contributed by atoms with van der Waals surface area (Å²) in [6, 6.07) is 18.6. The Hall–Kier alpha value is -2.97.